The Hall–Kier alpha value is -7.59. The van der Waals surface area contributed by atoms with E-state index in [1.165, 1.54) is 148 Å². The van der Waals surface area contributed by atoms with E-state index >= 15 is 0 Å². The Morgan fingerprint density at radius 2 is 0.800 bits per heavy atom. The summed E-state index contributed by atoms with van der Waals surface area (Å²) in [5.41, 5.74) is 39.5. The number of aryl methyl sites for hydroxylation is 2. The van der Waals surface area contributed by atoms with Crippen molar-refractivity contribution in [3.05, 3.63) is 147 Å². The highest BCUT2D eigenvalue weighted by atomic mass is 32.2. The molecule has 4 heterocycles. The molecule has 0 atom stereocenters. The molecule has 4 aromatic carbocycles. The second kappa shape index (κ2) is 29.0. The molecule has 2 aromatic heterocycles. The largest absolute Gasteiger partial charge is 0.481 e. The van der Waals surface area contributed by atoms with Crippen molar-refractivity contribution >= 4 is 58.0 Å². The first-order valence-electron chi connectivity index (χ1n) is 25.9. The Kier molecular flexibility index (Phi) is 24.9. The smallest absolute Gasteiger partial charge is 0.300 e. The number of carboxylic acids is 1. The summed E-state index contributed by atoms with van der Waals surface area (Å²) in [4.78, 5) is 48.1. The first-order valence-corrected chi connectivity index (χ1v) is 27.1. The lowest BCUT2D eigenvalue weighted by Crippen LogP contribution is -2.24. The van der Waals surface area contributed by atoms with Gasteiger partial charge in [-0.1, -0.05) is 26.6 Å². The summed E-state index contributed by atoms with van der Waals surface area (Å²) in [6, 6.07) is 4.60. The van der Waals surface area contributed by atoms with Gasteiger partial charge in [-0.2, -0.15) is 0 Å². The summed E-state index contributed by atoms with van der Waals surface area (Å²) >= 11 is 1.24. The zero-order chi connectivity index (χ0) is 58.9. The number of rotatable bonds is 4. The van der Waals surface area contributed by atoms with Crippen LogP contribution in [0.25, 0.3) is 22.5 Å². The van der Waals surface area contributed by atoms with Gasteiger partial charge >= 0.3 is 0 Å². The number of carbonyl (C=O) groups is 2. The number of benzene rings is 4. The minimum absolute atomic E-state index is 0. The monoisotopic (exact) mass is 1110 g/mol. The van der Waals surface area contributed by atoms with Crippen LogP contribution in [0.5, 0.6) is 0 Å². The van der Waals surface area contributed by atoms with E-state index in [1.807, 2.05) is 26.5 Å². The average molecular weight is 1110 g/mol. The highest BCUT2D eigenvalue weighted by Crippen LogP contribution is 2.41. The van der Waals surface area contributed by atoms with Crippen molar-refractivity contribution in [2.75, 3.05) is 31.0 Å². The number of aromatic nitrogens is 4. The van der Waals surface area contributed by atoms with Crippen LogP contribution in [-0.4, -0.2) is 79.7 Å². The van der Waals surface area contributed by atoms with Crippen LogP contribution in [0, 0.1) is 122 Å². The Labute approximate surface area is 482 Å². The Bertz CT molecular complexity index is 3160. The number of anilines is 2. The molecular weight excluding hydrogens is 1020 g/mol. The van der Waals surface area contributed by atoms with Crippen molar-refractivity contribution in [3.63, 3.8) is 0 Å². The van der Waals surface area contributed by atoms with Gasteiger partial charge in [0, 0.05) is 84.8 Å². The highest BCUT2D eigenvalue weighted by molar-refractivity contribution is 8.13. The molecule has 15 nitrogen and oxygen atoms in total. The first kappa shape index (κ1) is 68.5. The van der Waals surface area contributed by atoms with Crippen LogP contribution in [0.2, 0.25) is 0 Å². The number of amidine groups is 2. The van der Waals surface area contributed by atoms with E-state index in [0.717, 1.165) is 40.9 Å². The number of nitrogens with one attached hydrogen (secondary N) is 5. The van der Waals surface area contributed by atoms with Gasteiger partial charge in [-0.15, -0.1) is 0 Å². The van der Waals surface area contributed by atoms with E-state index in [4.69, 9.17) is 46.4 Å². The van der Waals surface area contributed by atoms with E-state index in [9.17, 15) is 4.79 Å². The van der Waals surface area contributed by atoms with Crippen molar-refractivity contribution in [1.29, 1.82) is 10.8 Å². The minimum atomic E-state index is -0.833. The summed E-state index contributed by atoms with van der Waals surface area (Å²) in [5, 5.41) is 29.2. The molecule has 16 heteroatoms. The van der Waals surface area contributed by atoms with Crippen molar-refractivity contribution < 1.29 is 14.7 Å². The van der Waals surface area contributed by atoms with Crippen molar-refractivity contribution in [1.82, 2.24) is 25.3 Å². The molecule has 0 aliphatic carbocycles. The maximum atomic E-state index is 10.0. The first-order chi connectivity index (χ1) is 36.5. The van der Waals surface area contributed by atoms with E-state index in [1.54, 1.807) is 6.26 Å². The number of hydrogen-bond donors (Lipinski definition) is 7. The molecule has 8 N–H and O–H groups in total. The lowest BCUT2D eigenvalue weighted by molar-refractivity contribution is -0.134. The van der Waals surface area contributed by atoms with Gasteiger partial charge in [0.1, 0.15) is 0 Å². The number of carboxylic acid groups (broad SMARTS) is 1. The molecule has 80 heavy (non-hydrogen) atoms. The zero-order valence-electron chi connectivity index (χ0n) is 50.2. The molecule has 2 aliphatic heterocycles. The average Bonchev–Trinajstić information content (AvgIpc) is 3.64. The molecule has 1 amide bonds. The van der Waals surface area contributed by atoms with Crippen LogP contribution in [0.3, 0.4) is 0 Å². The molecule has 8 rings (SSSR count). The van der Waals surface area contributed by atoms with Crippen LogP contribution >= 0.6 is 11.8 Å². The van der Waals surface area contributed by atoms with Gasteiger partial charge in [-0.25, -0.2) is 19.9 Å². The van der Waals surface area contributed by atoms with Crippen molar-refractivity contribution in [2.24, 2.45) is 15.7 Å². The van der Waals surface area contributed by atoms with Crippen LogP contribution in [0.15, 0.2) is 34.5 Å². The number of aliphatic carboxylic acids is 1. The van der Waals surface area contributed by atoms with Crippen LogP contribution < -0.4 is 21.7 Å². The number of nitrogens with zero attached hydrogens (tertiary/aromatic N) is 6. The van der Waals surface area contributed by atoms with Gasteiger partial charge in [-0.05, 0) is 225 Å². The molecule has 0 fully saturated rings. The zero-order valence-corrected chi connectivity index (χ0v) is 51.0. The summed E-state index contributed by atoms with van der Waals surface area (Å²) in [6.07, 6.45) is 5.61. The third-order valence-electron chi connectivity index (χ3n) is 15.4. The lowest BCUT2D eigenvalue weighted by Gasteiger charge is -2.22. The van der Waals surface area contributed by atoms with Gasteiger partial charge in [0.2, 0.25) is 17.8 Å². The number of nitrogens with two attached hydrogens (primary N) is 1. The number of aliphatic imine (C=N–C) groups is 2. The molecule has 0 spiro atoms. The summed E-state index contributed by atoms with van der Waals surface area (Å²) < 4.78 is 0. The summed E-state index contributed by atoms with van der Waals surface area (Å²) in [7, 11) is 3.72. The Morgan fingerprint density at radius 1 is 0.525 bits per heavy atom. The van der Waals surface area contributed by atoms with Gasteiger partial charge < -0.3 is 26.8 Å². The Morgan fingerprint density at radius 3 is 1.04 bits per heavy atom. The predicted molar refractivity (Wildman–Crippen MR) is 341 cm³/mol. The van der Waals surface area contributed by atoms with E-state index in [-0.39, 0.29) is 31.8 Å². The highest BCUT2D eigenvalue weighted by Gasteiger charge is 2.29. The SMILES string of the molecule is C.C.CC(=N)NC(C)=O.CC(=O)O.CNc1ncc2c(n1)-c1c(cc(C)c(C)c1C)C(c1c(C)c(C)c(C)c(C)c1C)=NC2.CNc1ncc2c(n1)-c1c(cc(C)c(C)c1C)C(c1c(C)c(C)c(C)c(C)c1C)=NC2.CSC(=N)N. The molecular formula is C64H90N12O3S. The molecule has 0 unspecified atom stereocenters. The third kappa shape index (κ3) is 15.0. The number of fused-ring (bicyclic) bond motifs is 6. The van der Waals surface area contributed by atoms with Gasteiger partial charge in [0.25, 0.3) is 5.97 Å². The second-order valence-corrected chi connectivity index (χ2v) is 20.9. The van der Waals surface area contributed by atoms with E-state index in [2.05, 4.69) is 149 Å². The number of carbonyl (C=O) groups excluding carboxylic acids is 1. The fourth-order valence-corrected chi connectivity index (χ4v) is 9.77. The Balaban J connectivity index is 0.000000422. The van der Waals surface area contributed by atoms with Crippen LogP contribution in [-0.2, 0) is 22.7 Å². The molecule has 6 aromatic rings. The van der Waals surface area contributed by atoms with Crippen LogP contribution in [0.4, 0.5) is 11.9 Å². The van der Waals surface area contributed by atoms with Crippen LogP contribution in [0.1, 0.15) is 158 Å². The molecule has 0 bridgehead atoms. The number of thioether (sulfide) groups is 1. The topological polar surface area (TPSA) is 240 Å². The quantitative estimate of drug-likeness (QED) is 0.0647. The number of hydrogen-bond acceptors (Lipinski definition) is 13. The van der Waals surface area contributed by atoms with Gasteiger partial charge in [0.15, 0.2) is 5.17 Å². The summed E-state index contributed by atoms with van der Waals surface area (Å²) in [6.45, 7) is 40.6. The molecule has 0 saturated carbocycles. The third-order valence-corrected chi connectivity index (χ3v) is 15.8. The van der Waals surface area contributed by atoms with Crippen molar-refractivity contribution in [3.8, 4) is 22.5 Å². The minimum Gasteiger partial charge on any atom is -0.481 e. The standard InChI is InChI=1S/2C27H32N4.C4H8N2O.C2H6N2S.C2H4O2.2CH4/c2*1-13-10-22-24(18(6)14(13)2)25-21(12-30-27(28-9)31-25)11-29-26(22)23-19(7)16(4)15(3)17(5)20(23)8;1-3(5)6-4(2)7;1-5-2(3)4;1-2(3)4;;/h2*10,12H,11H2,1-9H3,(H,28,30,31);1-2H3,(H2,5,6,7);1H3,(H3,3,4);1H3,(H,3,4);2*1H4. The maximum absolute atomic E-state index is 10.0. The molecule has 2 aliphatic rings. The summed E-state index contributed by atoms with van der Waals surface area (Å²) in [5.74, 6) is 0.445. The van der Waals surface area contributed by atoms with E-state index in [0.29, 0.717) is 25.0 Å². The van der Waals surface area contributed by atoms with Gasteiger partial charge in [-0.3, -0.25) is 30.4 Å². The van der Waals surface area contributed by atoms with Crippen molar-refractivity contribution in [2.45, 2.75) is 159 Å². The maximum Gasteiger partial charge on any atom is 0.300 e. The second-order valence-electron chi connectivity index (χ2n) is 20.1. The van der Waals surface area contributed by atoms with Gasteiger partial charge in [0.05, 0.1) is 41.7 Å². The fourth-order valence-electron chi connectivity index (χ4n) is 9.77. The fraction of sp³-hybridized carbons (Fsp3) is 0.406. The normalized spacial score (nSPS) is 11.3. The molecule has 0 radical (unpaired) electrons. The predicted octanol–water partition coefficient (Wildman–Crippen LogP) is 13.7. The molecule has 0 saturated heterocycles. The molecule has 430 valence electrons. The lowest BCUT2D eigenvalue weighted by atomic mass is 9.82. The number of amides is 1. The van der Waals surface area contributed by atoms with E-state index < -0.39 is 5.97 Å².